The Labute approximate surface area is 112 Å². The lowest BCUT2D eigenvalue weighted by Crippen LogP contribution is -2.73. The summed E-state index contributed by atoms with van der Waals surface area (Å²) in [5.41, 5.74) is 5.78. The number of carbonyl (C=O) groups is 1. The first-order valence-corrected chi connectivity index (χ1v) is 7.72. The SMILES string of the molecule is CC(O)CCCC[C@@H]1SC[C@@H]2C[C@]1(N)NC(=O)N2. The molecular weight excluding hydrogens is 250 g/mol. The molecule has 0 aromatic heterocycles. The first kappa shape index (κ1) is 14.0. The van der Waals surface area contributed by atoms with Gasteiger partial charge in [-0.2, -0.15) is 11.8 Å². The Morgan fingerprint density at radius 2 is 2.39 bits per heavy atom. The summed E-state index contributed by atoms with van der Waals surface area (Å²) in [5.74, 6) is 0.952. The van der Waals surface area contributed by atoms with Gasteiger partial charge in [0.15, 0.2) is 0 Å². The third-order valence-electron chi connectivity index (χ3n) is 3.68. The Morgan fingerprint density at radius 3 is 3.11 bits per heavy atom. The van der Waals surface area contributed by atoms with Crippen LogP contribution in [0.25, 0.3) is 0 Å². The number of nitrogens with one attached hydrogen (secondary N) is 2. The highest BCUT2D eigenvalue weighted by molar-refractivity contribution is 8.00. The van der Waals surface area contributed by atoms with Crippen LogP contribution in [0.2, 0.25) is 0 Å². The highest BCUT2D eigenvalue weighted by atomic mass is 32.2. The molecule has 2 aliphatic heterocycles. The van der Waals surface area contributed by atoms with Crippen molar-refractivity contribution in [2.24, 2.45) is 5.73 Å². The molecule has 5 N–H and O–H groups in total. The van der Waals surface area contributed by atoms with Crippen LogP contribution in [-0.4, -0.2) is 39.9 Å². The van der Waals surface area contributed by atoms with Crippen molar-refractivity contribution in [2.45, 2.75) is 62.1 Å². The van der Waals surface area contributed by atoms with Crippen LogP contribution in [0.5, 0.6) is 0 Å². The Hall–Kier alpha value is -0.460. The van der Waals surface area contributed by atoms with Crippen molar-refractivity contribution < 1.29 is 9.90 Å². The molecular formula is C12H23N3O2S. The number of unbranched alkanes of at least 4 members (excludes halogenated alkanes) is 1. The Bertz CT molecular complexity index is 314. The van der Waals surface area contributed by atoms with Crippen molar-refractivity contribution in [1.29, 1.82) is 0 Å². The molecule has 0 aromatic rings. The molecule has 6 heteroatoms. The highest BCUT2D eigenvalue weighted by Crippen LogP contribution is 2.36. The fourth-order valence-electron chi connectivity index (χ4n) is 2.75. The summed E-state index contributed by atoms with van der Waals surface area (Å²) in [4.78, 5) is 11.5. The van der Waals surface area contributed by atoms with E-state index in [0.717, 1.165) is 37.9 Å². The van der Waals surface area contributed by atoms with Crippen LogP contribution in [0.1, 0.15) is 39.0 Å². The smallest absolute Gasteiger partial charge is 0.316 e. The number of fused-ring (bicyclic) bond motifs is 2. The van der Waals surface area contributed by atoms with Crippen molar-refractivity contribution in [3.05, 3.63) is 0 Å². The number of aliphatic hydroxyl groups is 1. The van der Waals surface area contributed by atoms with E-state index in [2.05, 4.69) is 10.6 Å². The lowest BCUT2D eigenvalue weighted by Gasteiger charge is -2.48. The third kappa shape index (κ3) is 3.30. The van der Waals surface area contributed by atoms with E-state index < -0.39 is 5.66 Å². The van der Waals surface area contributed by atoms with Crippen molar-refractivity contribution in [2.75, 3.05) is 5.75 Å². The van der Waals surface area contributed by atoms with Crippen molar-refractivity contribution in [3.63, 3.8) is 0 Å². The quantitative estimate of drug-likeness (QED) is 0.557. The van der Waals surface area contributed by atoms with E-state index in [1.807, 2.05) is 18.7 Å². The van der Waals surface area contributed by atoms with Gasteiger partial charge in [-0.15, -0.1) is 0 Å². The molecule has 1 unspecified atom stereocenters. The normalized spacial score (nSPS) is 36.7. The molecule has 2 heterocycles. The predicted molar refractivity (Wildman–Crippen MR) is 73.4 cm³/mol. The van der Waals surface area contributed by atoms with Crippen LogP contribution >= 0.6 is 11.8 Å². The fourth-order valence-corrected chi connectivity index (χ4v) is 4.20. The molecule has 0 aromatic carbocycles. The molecule has 0 spiro atoms. The average Bonchev–Trinajstić information content (AvgIpc) is 2.24. The monoisotopic (exact) mass is 273 g/mol. The summed E-state index contributed by atoms with van der Waals surface area (Å²) in [5, 5.41) is 15.3. The van der Waals surface area contributed by atoms with Crippen LogP contribution in [-0.2, 0) is 0 Å². The molecule has 2 fully saturated rings. The van der Waals surface area contributed by atoms with Gasteiger partial charge in [-0.1, -0.05) is 12.8 Å². The van der Waals surface area contributed by atoms with Gasteiger partial charge in [0, 0.05) is 23.5 Å². The average molecular weight is 273 g/mol. The van der Waals surface area contributed by atoms with Gasteiger partial charge in [-0.3, -0.25) is 0 Å². The zero-order valence-electron chi connectivity index (χ0n) is 10.8. The Balaban J connectivity index is 1.83. The van der Waals surface area contributed by atoms with E-state index in [1.54, 1.807) is 0 Å². The van der Waals surface area contributed by atoms with Crippen molar-refractivity contribution in [1.82, 2.24) is 10.6 Å². The molecule has 2 saturated heterocycles. The third-order valence-corrected chi connectivity index (χ3v) is 5.33. The minimum atomic E-state index is -0.555. The lowest BCUT2D eigenvalue weighted by atomic mass is 9.92. The molecule has 2 bridgehead atoms. The summed E-state index contributed by atoms with van der Waals surface area (Å²) in [6, 6.07) is 0.0745. The number of thioether (sulfide) groups is 1. The lowest BCUT2D eigenvalue weighted by molar-refractivity contribution is 0.176. The van der Waals surface area contributed by atoms with Gasteiger partial charge in [0.1, 0.15) is 5.66 Å². The van der Waals surface area contributed by atoms with E-state index >= 15 is 0 Å². The summed E-state index contributed by atoms with van der Waals surface area (Å²) in [6.45, 7) is 1.82. The molecule has 104 valence electrons. The van der Waals surface area contributed by atoms with Crippen LogP contribution in [0.4, 0.5) is 4.79 Å². The molecule has 2 aliphatic rings. The van der Waals surface area contributed by atoms with Crippen LogP contribution in [0, 0.1) is 0 Å². The number of amides is 2. The standard InChI is InChI=1S/C12H23N3O2S/c1-8(16)4-2-3-5-10-12(13)6-9(7-18-10)14-11(17)15-12/h8-10,16H,2-7,13H2,1H3,(H2,14,15,17)/t8?,9-,10-,12-/m0/s1. The summed E-state index contributed by atoms with van der Waals surface area (Å²) in [7, 11) is 0. The number of nitrogens with two attached hydrogens (primary N) is 1. The number of hydrogen-bond donors (Lipinski definition) is 4. The molecule has 0 saturated carbocycles. The number of rotatable bonds is 5. The topological polar surface area (TPSA) is 87.4 Å². The zero-order chi connectivity index (χ0) is 13.2. The van der Waals surface area contributed by atoms with Gasteiger partial charge in [-0.25, -0.2) is 4.79 Å². The molecule has 0 aliphatic carbocycles. The Kier molecular flexibility index (Phi) is 4.40. The summed E-state index contributed by atoms with van der Waals surface area (Å²) >= 11 is 1.85. The molecule has 5 nitrogen and oxygen atoms in total. The number of urea groups is 1. The summed E-state index contributed by atoms with van der Waals surface area (Å²) < 4.78 is 0. The van der Waals surface area contributed by atoms with Gasteiger partial charge in [0.25, 0.3) is 0 Å². The first-order chi connectivity index (χ1) is 8.49. The number of aliphatic hydroxyl groups excluding tert-OH is 1. The van der Waals surface area contributed by atoms with E-state index in [9.17, 15) is 9.90 Å². The zero-order valence-corrected chi connectivity index (χ0v) is 11.6. The Morgan fingerprint density at radius 1 is 1.61 bits per heavy atom. The van der Waals surface area contributed by atoms with E-state index in [1.165, 1.54) is 0 Å². The molecule has 18 heavy (non-hydrogen) atoms. The van der Waals surface area contributed by atoms with E-state index in [-0.39, 0.29) is 23.4 Å². The number of carbonyl (C=O) groups excluding carboxylic acids is 1. The molecule has 0 radical (unpaired) electrons. The minimum Gasteiger partial charge on any atom is -0.393 e. The van der Waals surface area contributed by atoms with Crippen LogP contribution < -0.4 is 16.4 Å². The van der Waals surface area contributed by atoms with E-state index in [0.29, 0.717) is 0 Å². The van der Waals surface area contributed by atoms with Crippen LogP contribution in [0.3, 0.4) is 0 Å². The van der Waals surface area contributed by atoms with Crippen molar-refractivity contribution >= 4 is 17.8 Å². The second kappa shape index (κ2) is 5.67. The molecule has 2 rings (SSSR count). The van der Waals surface area contributed by atoms with E-state index in [4.69, 9.17) is 5.73 Å². The largest absolute Gasteiger partial charge is 0.393 e. The fraction of sp³-hybridized carbons (Fsp3) is 0.917. The second-order valence-corrected chi connectivity index (χ2v) is 6.73. The maximum atomic E-state index is 11.5. The van der Waals surface area contributed by atoms with Gasteiger partial charge >= 0.3 is 6.03 Å². The van der Waals surface area contributed by atoms with Gasteiger partial charge in [0.2, 0.25) is 0 Å². The van der Waals surface area contributed by atoms with Gasteiger partial charge in [-0.05, 0) is 19.8 Å². The maximum absolute atomic E-state index is 11.5. The molecule has 4 atom stereocenters. The number of hydrogen-bond acceptors (Lipinski definition) is 4. The first-order valence-electron chi connectivity index (χ1n) is 6.67. The van der Waals surface area contributed by atoms with Gasteiger partial charge in [0.05, 0.1) is 6.10 Å². The van der Waals surface area contributed by atoms with Crippen LogP contribution in [0.15, 0.2) is 0 Å². The molecule has 2 amide bonds. The second-order valence-electron chi connectivity index (χ2n) is 5.50. The predicted octanol–water partition coefficient (Wildman–Crippen LogP) is 0.770. The van der Waals surface area contributed by atoms with Crippen molar-refractivity contribution in [3.8, 4) is 0 Å². The minimum absolute atomic E-state index is 0.136. The highest BCUT2D eigenvalue weighted by Gasteiger charge is 2.46. The van der Waals surface area contributed by atoms with Gasteiger partial charge < -0.3 is 21.5 Å². The maximum Gasteiger partial charge on any atom is 0.316 e. The summed E-state index contributed by atoms with van der Waals surface area (Å²) in [6.07, 6.45) is 4.49.